The summed E-state index contributed by atoms with van der Waals surface area (Å²) in [6.45, 7) is 5.26. The van der Waals surface area contributed by atoms with E-state index in [1.54, 1.807) is 13.0 Å². The minimum absolute atomic E-state index is 0.0625. The Morgan fingerprint density at radius 1 is 2.00 bits per heavy atom. The van der Waals surface area contributed by atoms with Gasteiger partial charge in [-0.1, -0.05) is 13.0 Å². The Kier molecular flexibility index (Phi) is 2.92. The average molecular weight is 113 g/mol. The molecule has 0 fully saturated rings. The fourth-order valence-corrected chi connectivity index (χ4v) is 0.366. The van der Waals surface area contributed by atoms with Gasteiger partial charge in [-0.05, 0) is 6.42 Å². The highest BCUT2D eigenvalue weighted by Crippen LogP contribution is 1.98. The molecule has 0 aromatic heterocycles. The monoisotopic (exact) mass is 113 g/mol. The molecule has 0 aromatic rings. The second-order valence-corrected chi connectivity index (χ2v) is 1.83. The van der Waals surface area contributed by atoms with Crippen LogP contribution in [0.25, 0.3) is 0 Å². The van der Waals surface area contributed by atoms with Crippen molar-refractivity contribution in [3.8, 4) is 0 Å². The van der Waals surface area contributed by atoms with Crippen molar-refractivity contribution in [2.24, 2.45) is 11.7 Å². The Labute approximate surface area is 49.4 Å². The summed E-state index contributed by atoms with van der Waals surface area (Å²) < 4.78 is 0. The molecular weight excluding hydrogens is 102 g/mol. The Hall–Kier alpha value is -0.790. The predicted molar refractivity (Wildman–Crippen MR) is 33.2 cm³/mol. The topological polar surface area (TPSA) is 43.1 Å². The zero-order valence-electron chi connectivity index (χ0n) is 5.05. The predicted octanol–water partition coefficient (Wildman–Crippen LogP) is 0.684. The molecule has 0 aromatic carbocycles. The van der Waals surface area contributed by atoms with E-state index in [0.29, 0.717) is 6.42 Å². The molecule has 1 amide bonds. The fourth-order valence-electron chi connectivity index (χ4n) is 0.366. The summed E-state index contributed by atoms with van der Waals surface area (Å²) in [7, 11) is 0. The van der Waals surface area contributed by atoms with Crippen molar-refractivity contribution in [1.29, 1.82) is 0 Å². The third-order valence-electron chi connectivity index (χ3n) is 1.01. The molecule has 0 aliphatic rings. The first-order valence-corrected chi connectivity index (χ1v) is 2.58. The van der Waals surface area contributed by atoms with Gasteiger partial charge in [-0.2, -0.15) is 0 Å². The Balaban J connectivity index is 3.46. The van der Waals surface area contributed by atoms with Gasteiger partial charge in [0.05, 0.1) is 0 Å². The first-order valence-electron chi connectivity index (χ1n) is 2.58. The summed E-state index contributed by atoms with van der Waals surface area (Å²) in [4.78, 5) is 10.3. The van der Waals surface area contributed by atoms with E-state index in [4.69, 9.17) is 5.73 Å². The van der Waals surface area contributed by atoms with E-state index in [9.17, 15) is 4.79 Å². The lowest BCUT2D eigenvalue weighted by atomic mass is 10.1. The normalized spacial score (nSPS) is 12.6. The second kappa shape index (κ2) is 3.24. The van der Waals surface area contributed by atoms with Crippen LogP contribution < -0.4 is 5.73 Å². The van der Waals surface area contributed by atoms with E-state index >= 15 is 0 Å². The van der Waals surface area contributed by atoms with Gasteiger partial charge in [0.1, 0.15) is 0 Å². The SMILES string of the molecule is C=CCC(C)C(N)=O. The lowest BCUT2D eigenvalue weighted by Crippen LogP contribution is -2.19. The molecule has 1 unspecified atom stereocenters. The van der Waals surface area contributed by atoms with Gasteiger partial charge in [0.15, 0.2) is 0 Å². The van der Waals surface area contributed by atoms with Crippen LogP contribution in [0.3, 0.4) is 0 Å². The van der Waals surface area contributed by atoms with Gasteiger partial charge in [0, 0.05) is 5.92 Å². The molecule has 0 bridgehead atoms. The zero-order valence-corrected chi connectivity index (χ0v) is 5.05. The number of amides is 1. The largest absolute Gasteiger partial charge is 0.369 e. The molecule has 0 saturated heterocycles. The summed E-state index contributed by atoms with van der Waals surface area (Å²) in [6, 6.07) is 0. The number of primary amides is 1. The highest BCUT2D eigenvalue weighted by molar-refractivity contribution is 5.76. The molecule has 1 atom stereocenters. The van der Waals surface area contributed by atoms with Crippen LogP contribution in [0.15, 0.2) is 12.7 Å². The lowest BCUT2D eigenvalue weighted by molar-refractivity contribution is -0.121. The minimum Gasteiger partial charge on any atom is -0.369 e. The molecule has 8 heavy (non-hydrogen) atoms. The maximum atomic E-state index is 10.3. The maximum Gasteiger partial charge on any atom is 0.220 e. The number of hydrogen-bond donors (Lipinski definition) is 1. The van der Waals surface area contributed by atoms with Crippen molar-refractivity contribution in [3.63, 3.8) is 0 Å². The highest BCUT2D eigenvalue weighted by Gasteiger charge is 2.03. The van der Waals surface area contributed by atoms with Crippen molar-refractivity contribution in [1.82, 2.24) is 0 Å². The van der Waals surface area contributed by atoms with Crippen LogP contribution in [0, 0.1) is 5.92 Å². The third kappa shape index (κ3) is 2.39. The second-order valence-electron chi connectivity index (χ2n) is 1.83. The molecule has 0 radical (unpaired) electrons. The van der Waals surface area contributed by atoms with Crippen LogP contribution in [-0.4, -0.2) is 5.91 Å². The molecule has 2 heteroatoms. The molecule has 0 saturated carbocycles. The fraction of sp³-hybridized carbons (Fsp3) is 0.500. The number of hydrogen-bond acceptors (Lipinski definition) is 1. The van der Waals surface area contributed by atoms with Gasteiger partial charge in [0.25, 0.3) is 0 Å². The van der Waals surface area contributed by atoms with Crippen LogP contribution in [0.5, 0.6) is 0 Å². The molecule has 0 rings (SSSR count). The number of nitrogens with two attached hydrogens (primary N) is 1. The average Bonchev–Trinajstić information content (AvgIpc) is 1.67. The van der Waals surface area contributed by atoms with Gasteiger partial charge in [-0.25, -0.2) is 0 Å². The van der Waals surface area contributed by atoms with E-state index < -0.39 is 0 Å². The van der Waals surface area contributed by atoms with Crippen molar-refractivity contribution in [3.05, 3.63) is 12.7 Å². The van der Waals surface area contributed by atoms with Crippen LogP contribution >= 0.6 is 0 Å². The molecule has 2 nitrogen and oxygen atoms in total. The summed E-state index contributed by atoms with van der Waals surface area (Å²) in [5.41, 5.74) is 4.94. The van der Waals surface area contributed by atoms with Crippen LogP contribution in [0.2, 0.25) is 0 Å². The van der Waals surface area contributed by atoms with Crippen LogP contribution in [-0.2, 0) is 4.79 Å². The minimum atomic E-state index is -0.259. The summed E-state index contributed by atoms with van der Waals surface area (Å²) in [5, 5.41) is 0. The Morgan fingerprint density at radius 2 is 2.50 bits per heavy atom. The van der Waals surface area contributed by atoms with Gasteiger partial charge >= 0.3 is 0 Å². The molecule has 0 spiro atoms. The quantitative estimate of drug-likeness (QED) is 0.537. The number of carbonyl (C=O) groups excluding carboxylic acids is 1. The van der Waals surface area contributed by atoms with Gasteiger partial charge in [-0.3, -0.25) is 4.79 Å². The third-order valence-corrected chi connectivity index (χ3v) is 1.01. The number of allylic oxidation sites excluding steroid dienone is 1. The number of carbonyl (C=O) groups is 1. The van der Waals surface area contributed by atoms with Gasteiger partial charge < -0.3 is 5.73 Å². The first kappa shape index (κ1) is 7.21. The van der Waals surface area contributed by atoms with Crippen molar-refractivity contribution in [2.45, 2.75) is 13.3 Å². The van der Waals surface area contributed by atoms with E-state index in [0.717, 1.165) is 0 Å². The molecule has 2 N–H and O–H groups in total. The molecule has 0 aliphatic heterocycles. The van der Waals surface area contributed by atoms with Crippen LogP contribution in [0.1, 0.15) is 13.3 Å². The van der Waals surface area contributed by atoms with Gasteiger partial charge in [-0.15, -0.1) is 6.58 Å². The van der Waals surface area contributed by atoms with Crippen molar-refractivity contribution < 1.29 is 4.79 Å². The maximum absolute atomic E-state index is 10.3. The lowest BCUT2D eigenvalue weighted by Gasteiger charge is -1.99. The molecule has 0 heterocycles. The highest BCUT2D eigenvalue weighted by atomic mass is 16.1. The summed E-state index contributed by atoms with van der Waals surface area (Å²) in [5.74, 6) is -0.322. The van der Waals surface area contributed by atoms with E-state index in [1.165, 1.54) is 0 Å². The summed E-state index contributed by atoms with van der Waals surface area (Å²) >= 11 is 0. The first-order chi connectivity index (χ1) is 3.68. The van der Waals surface area contributed by atoms with E-state index in [2.05, 4.69) is 6.58 Å². The van der Waals surface area contributed by atoms with Crippen molar-refractivity contribution >= 4 is 5.91 Å². The molecule has 0 aliphatic carbocycles. The number of rotatable bonds is 3. The standard InChI is InChI=1S/C6H11NO/c1-3-4-5(2)6(7)8/h3,5H,1,4H2,2H3,(H2,7,8). The Bertz CT molecular complexity index is 98.7. The Morgan fingerprint density at radius 3 is 2.62 bits per heavy atom. The van der Waals surface area contributed by atoms with E-state index in [-0.39, 0.29) is 11.8 Å². The summed E-state index contributed by atoms with van der Waals surface area (Å²) in [6.07, 6.45) is 2.37. The zero-order chi connectivity index (χ0) is 6.57. The molecular formula is C6H11NO. The molecule has 46 valence electrons. The van der Waals surface area contributed by atoms with Crippen LogP contribution in [0.4, 0.5) is 0 Å². The van der Waals surface area contributed by atoms with E-state index in [1.807, 2.05) is 0 Å². The van der Waals surface area contributed by atoms with Crippen molar-refractivity contribution in [2.75, 3.05) is 0 Å². The smallest absolute Gasteiger partial charge is 0.220 e. The van der Waals surface area contributed by atoms with Gasteiger partial charge in [0.2, 0.25) is 5.91 Å².